The largest absolute Gasteiger partial charge is 0.456 e. The first-order valence-electron chi connectivity index (χ1n) is 17.3. The lowest BCUT2D eigenvalue weighted by Crippen LogP contribution is -2.09. The number of anilines is 3. The minimum absolute atomic E-state index is 0.859. The standard InChI is InChI=1S/C48H31NO2/c1-3-10-32(11-4-1)34-18-24-37(25-19-34)49(38-26-20-35(21-27-38)33-12-5-2-6-13-33)39-28-22-36(23-29-39)40-15-9-17-43-46(40)48-45(51-43)31-30-44-47(48)41-14-7-8-16-42(41)50-44/h1-31H. The summed E-state index contributed by atoms with van der Waals surface area (Å²) in [6.45, 7) is 0. The second-order valence-electron chi connectivity index (χ2n) is 12.9. The van der Waals surface area contributed by atoms with Crippen molar-refractivity contribution in [2.75, 3.05) is 4.90 Å². The van der Waals surface area contributed by atoms with E-state index >= 15 is 0 Å². The Labute approximate surface area is 295 Å². The van der Waals surface area contributed by atoms with Crippen LogP contribution in [0.4, 0.5) is 17.1 Å². The molecule has 240 valence electrons. The van der Waals surface area contributed by atoms with Gasteiger partial charge in [-0.1, -0.05) is 127 Å². The van der Waals surface area contributed by atoms with E-state index in [-0.39, 0.29) is 0 Å². The van der Waals surface area contributed by atoms with E-state index in [4.69, 9.17) is 8.83 Å². The maximum atomic E-state index is 6.45. The second-order valence-corrected chi connectivity index (χ2v) is 12.9. The van der Waals surface area contributed by atoms with Crippen LogP contribution < -0.4 is 4.90 Å². The number of fused-ring (bicyclic) bond motifs is 7. The maximum Gasteiger partial charge on any atom is 0.136 e. The highest BCUT2D eigenvalue weighted by molar-refractivity contribution is 6.28. The fraction of sp³-hybridized carbons (Fsp3) is 0. The van der Waals surface area contributed by atoms with Crippen molar-refractivity contribution in [2.45, 2.75) is 0 Å². The van der Waals surface area contributed by atoms with Crippen molar-refractivity contribution in [1.82, 2.24) is 0 Å². The SMILES string of the molecule is c1ccc(-c2ccc(N(c3ccc(-c4ccccc4)cc3)c3ccc(-c4cccc5oc6ccc7oc8ccccc8c7c6c45)cc3)cc2)cc1. The summed E-state index contributed by atoms with van der Waals surface area (Å²) < 4.78 is 12.7. The van der Waals surface area contributed by atoms with Gasteiger partial charge in [0.1, 0.15) is 22.3 Å². The lowest BCUT2D eigenvalue weighted by molar-refractivity contribution is 0.663. The summed E-state index contributed by atoms with van der Waals surface area (Å²) in [6.07, 6.45) is 0. The van der Waals surface area contributed by atoms with Crippen LogP contribution in [0.5, 0.6) is 0 Å². The van der Waals surface area contributed by atoms with Gasteiger partial charge in [0.2, 0.25) is 0 Å². The van der Waals surface area contributed by atoms with Crippen LogP contribution in [0.2, 0.25) is 0 Å². The smallest absolute Gasteiger partial charge is 0.136 e. The number of rotatable bonds is 6. The monoisotopic (exact) mass is 653 g/mol. The van der Waals surface area contributed by atoms with Gasteiger partial charge in [0.25, 0.3) is 0 Å². The normalized spacial score (nSPS) is 11.5. The molecule has 10 rings (SSSR count). The molecular formula is C48H31NO2. The van der Waals surface area contributed by atoms with E-state index in [2.05, 4.69) is 169 Å². The van der Waals surface area contributed by atoms with Gasteiger partial charge in [0.15, 0.2) is 0 Å². The Bertz CT molecular complexity index is 2730. The molecule has 8 aromatic carbocycles. The Morgan fingerprint density at radius 2 is 0.706 bits per heavy atom. The molecule has 51 heavy (non-hydrogen) atoms. The lowest BCUT2D eigenvalue weighted by atomic mass is 9.97. The van der Waals surface area contributed by atoms with Crippen molar-refractivity contribution >= 4 is 60.9 Å². The summed E-state index contributed by atoms with van der Waals surface area (Å²) >= 11 is 0. The molecule has 0 aliphatic heterocycles. The first kappa shape index (κ1) is 29.1. The number of hydrogen-bond donors (Lipinski definition) is 0. The zero-order valence-electron chi connectivity index (χ0n) is 27.7. The van der Waals surface area contributed by atoms with Crippen LogP contribution in [-0.2, 0) is 0 Å². The van der Waals surface area contributed by atoms with Crippen molar-refractivity contribution in [3.63, 3.8) is 0 Å². The Kier molecular flexibility index (Phi) is 6.81. The molecule has 3 nitrogen and oxygen atoms in total. The van der Waals surface area contributed by atoms with Crippen molar-refractivity contribution in [1.29, 1.82) is 0 Å². The van der Waals surface area contributed by atoms with E-state index < -0.39 is 0 Å². The van der Waals surface area contributed by atoms with Crippen molar-refractivity contribution < 1.29 is 8.83 Å². The maximum absolute atomic E-state index is 6.45. The Morgan fingerprint density at radius 3 is 1.29 bits per heavy atom. The minimum Gasteiger partial charge on any atom is -0.456 e. The van der Waals surface area contributed by atoms with Crippen LogP contribution in [0, 0.1) is 0 Å². The van der Waals surface area contributed by atoms with Gasteiger partial charge in [-0.2, -0.15) is 0 Å². The molecule has 0 N–H and O–H groups in total. The third kappa shape index (κ3) is 4.98. The molecule has 2 heterocycles. The fourth-order valence-corrected chi connectivity index (χ4v) is 7.47. The summed E-state index contributed by atoms with van der Waals surface area (Å²) in [5.41, 5.74) is 13.8. The molecule has 0 atom stereocenters. The van der Waals surface area contributed by atoms with Gasteiger partial charge in [-0.05, 0) is 94.0 Å². The molecule has 0 saturated heterocycles. The van der Waals surface area contributed by atoms with Crippen LogP contribution in [-0.4, -0.2) is 0 Å². The van der Waals surface area contributed by atoms with E-state index in [1.54, 1.807) is 0 Å². The minimum atomic E-state index is 0.859. The van der Waals surface area contributed by atoms with Gasteiger partial charge in [0, 0.05) is 38.6 Å². The molecule has 3 heteroatoms. The first-order chi connectivity index (χ1) is 25.3. The molecule has 0 unspecified atom stereocenters. The van der Waals surface area contributed by atoms with E-state index in [1.165, 1.54) is 22.3 Å². The fourth-order valence-electron chi connectivity index (χ4n) is 7.47. The van der Waals surface area contributed by atoms with E-state index in [9.17, 15) is 0 Å². The molecule has 0 amide bonds. The van der Waals surface area contributed by atoms with Crippen molar-refractivity contribution in [3.05, 3.63) is 188 Å². The summed E-state index contributed by atoms with van der Waals surface area (Å²) in [5.74, 6) is 0. The number of benzene rings is 8. The molecule has 0 bridgehead atoms. The molecule has 0 aliphatic rings. The number of nitrogens with zero attached hydrogens (tertiary/aromatic N) is 1. The molecule has 0 aliphatic carbocycles. The van der Waals surface area contributed by atoms with Gasteiger partial charge < -0.3 is 13.7 Å². The van der Waals surface area contributed by atoms with Crippen molar-refractivity contribution in [3.8, 4) is 33.4 Å². The average Bonchev–Trinajstić information content (AvgIpc) is 3.78. The lowest BCUT2D eigenvalue weighted by Gasteiger charge is -2.26. The summed E-state index contributed by atoms with van der Waals surface area (Å²) in [6, 6.07) is 66.2. The van der Waals surface area contributed by atoms with Crippen molar-refractivity contribution in [2.24, 2.45) is 0 Å². The zero-order chi connectivity index (χ0) is 33.7. The predicted molar refractivity (Wildman–Crippen MR) is 212 cm³/mol. The number of furan rings is 2. The molecule has 0 radical (unpaired) electrons. The Morgan fingerprint density at radius 1 is 0.275 bits per heavy atom. The van der Waals surface area contributed by atoms with E-state index in [0.717, 1.165) is 72.1 Å². The highest BCUT2D eigenvalue weighted by atomic mass is 16.3. The van der Waals surface area contributed by atoms with Crippen LogP contribution in [0.15, 0.2) is 197 Å². The second kappa shape index (κ2) is 11.9. The molecule has 0 spiro atoms. The molecule has 10 aromatic rings. The first-order valence-corrected chi connectivity index (χ1v) is 17.3. The van der Waals surface area contributed by atoms with Crippen LogP contribution in [0.3, 0.4) is 0 Å². The van der Waals surface area contributed by atoms with Gasteiger partial charge >= 0.3 is 0 Å². The van der Waals surface area contributed by atoms with Gasteiger partial charge in [-0.15, -0.1) is 0 Å². The molecule has 0 fully saturated rings. The zero-order valence-corrected chi connectivity index (χ0v) is 27.7. The average molecular weight is 654 g/mol. The summed E-state index contributed by atoms with van der Waals surface area (Å²) in [4.78, 5) is 2.32. The Hall–Kier alpha value is -6.84. The highest BCUT2D eigenvalue weighted by Crippen LogP contribution is 2.44. The van der Waals surface area contributed by atoms with Gasteiger partial charge in [-0.25, -0.2) is 0 Å². The highest BCUT2D eigenvalue weighted by Gasteiger charge is 2.20. The Balaban J connectivity index is 1.09. The van der Waals surface area contributed by atoms with Crippen LogP contribution in [0.1, 0.15) is 0 Å². The van der Waals surface area contributed by atoms with E-state index in [1.807, 2.05) is 24.3 Å². The quantitative estimate of drug-likeness (QED) is 0.179. The predicted octanol–water partition coefficient (Wildman–Crippen LogP) is 14.0. The molecule has 0 saturated carbocycles. The third-order valence-corrected chi connectivity index (χ3v) is 9.90. The number of para-hydroxylation sites is 1. The number of hydrogen-bond acceptors (Lipinski definition) is 3. The topological polar surface area (TPSA) is 29.5 Å². The third-order valence-electron chi connectivity index (χ3n) is 9.90. The molecule has 2 aromatic heterocycles. The van der Waals surface area contributed by atoms with Crippen LogP contribution >= 0.6 is 0 Å². The van der Waals surface area contributed by atoms with Gasteiger partial charge in [-0.3, -0.25) is 0 Å². The molecular weight excluding hydrogens is 623 g/mol. The summed E-state index contributed by atoms with van der Waals surface area (Å²) in [7, 11) is 0. The summed E-state index contributed by atoms with van der Waals surface area (Å²) in [5, 5.41) is 4.38. The van der Waals surface area contributed by atoms with Crippen LogP contribution in [0.25, 0.3) is 77.3 Å². The van der Waals surface area contributed by atoms with Gasteiger partial charge in [0.05, 0.1) is 0 Å². The van der Waals surface area contributed by atoms with E-state index in [0.29, 0.717) is 0 Å².